The third kappa shape index (κ3) is 4.77. The van der Waals surface area contributed by atoms with Gasteiger partial charge in [-0.05, 0) is 36.6 Å². The first-order chi connectivity index (χ1) is 13.8. The van der Waals surface area contributed by atoms with Gasteiger partial charge in [0.1, 0.15) is 5.82 Å². The molecule has 7 nitrogen and oxygen atoms in total. The van der Waals surface area contributed by atoms with Gasteiger partial charge in [0.05, 0.1) is 24.8 Å². The number of hydrogen-bond acceptors (Lipinski definition) is 7. The number of hydrogen-bond donors (Lipinski definition) is 1. The van der Waals surface area contributed by atoms with Crippen molar-refractivity contribution in [3.8, 4) is 6.07 Å². The van der Waals surface area contributed by atoms with Gasteiger partial charge >= 0.3 is 0 Å². The molecule has 0 saturated carbocycles. The van der Waals surface area contributed by atoms with Crippen molar-refractivity contribution in [2.75, 3.05) is 49.6 Å². The predicted octanol–water partition coefficient (Wildman–Crippen LogP) is 2.26. The lowest BCUT2D eigenvalue weighted by molar-refractivity contribution is 0.122. The van der Waals surface area contributed by atoms with Crippen LogP contribution in [0.25, 0.3) is 0 Å². The molecular weight excluding hydrogens is 352 g/mol. The van der Waals surface area contributed by atoms with Crippen molar-refractivity contribution >= 4 is 11.8 Å². The maximum absolute atomic E-state index is 9.05. The summed E-state index contributed by atoms with van der Waals surface area (Å²) >= 11 is 0. The fourth-order valence-electron chi connectivity index (χ4n) is 3.79. The summed E-state index contributed by atoms with van der Waals surface area (Å²) in [4.78, 5) is 13.7. The Morgan fingerprint density at radius 1 is 1.14 bits per heavy atom. The van der Waals surface area contributed by atoms with Gasteiger partial charge in [-0.3, -0.25) is 4.90 Å². The van der Waals surface area contributed by atoms with E-state index in [0.717, 1.165) is 76.1 Å². The fourth-order valence-corrected chi connectivity index (χ4v) is 3.79. The number of piperidine rings is 1. The zero-order chi connectivity index (χ0) is 19.2. The molecule has 0 aliphatic carbocycles. The number of ether oxygens (including phenoxy) is 1. The molecule has 1 aromatic heterocycles. The van der Waals surface area contributed by atoms with Crippen molar-refractivity contribution in [2.45, 2.75) is 25.4 Å². The van der Waals surface area contributed by atoms with Gasteiger partial charge in [0.2, 0.25) is 5.95 Å². The summed E-state index contributed by atoms with van der Waals surface area (Å²) in [5, 5.41) is 12.6. The maximum atomic E-state index is 9.05. The zero-order valence-electron chi connectivity index (χ0n) is 16.0. The van der Waals surface area contributed by atoms with Crippen LogP contribution >= 0.6 is 0 Å². The molecule has 7 heteroatoms. The molecule has 146 valence electrons. The van der Waals surface area contributed by atoms with Gasteiger partial charge in [0.25, 0.3) is 0 Å². The minimum Gasteiger partial charge on any atom is -0.378 e. The SMILES string of the molecule is N#Cc1cccc(CN2CCC(Nc3ccnc(N4CCOCC4)n3)CC2)c1. The molecule has 0 unspecified atom stereocenters. The van der Waals surface area contributed by atoms with Crippen LogP contribution in [0.2, 0.25) is 0 Å². The van der Waals surface area contributed by atoms with Crippen LogP contribution in [-0.2, 0) is 11.3 Å². The normalized spacial score (nSPS) is 18.6. The van der Waals surface area contributed by atoms with Crippen LogP contribution in [0.5, 0.6) is 0 Å². The highest BCUT2D eigenvalue weighted by Gasteiger charge is 2.20. The molecule has 1 N–H and O–H groups in total. The Morgan fingerprint density at radius 2 is 1.96 bits per heavy atom. The highest BCUT2D eigenvalue weighted by Crippen LogP contribution is 2.19. The number of likely N-dealkylation sites (tertiary alicyclic amines) is 1. The first-order valence-corrected chi connectivity index (χ1v) is 9.94. The molecule has 1 aromatic carbocycles. The Bertz CT molecular complexity index is 822. The zero-order valence-corrected chi connectivity index (χ0v) is 16.0. The second kappa shape index (κ2) is 9.00. The van der Waals surface area contributed by atoms with Crippen molar-refractivity contribution in [3.05, 3.63) is 47.7 Å². The van der Waals surface area contributed by atoms with Crippen molar-refractivity contribution in [2.24, 2.45) is 0 Å². The summed E-state index contributed by atoms with van der Waals surface area (Å²) in [6.45, 7) is 6.12. The average Bonchev–Trinajstić information content (AvgIpc) is 2.76. The molecule has 0 radical (unpaired) electrons. The van der Waals surface area contributed by atoms with Crippen LogP contribution in [0.1, 0.15) is 24.0 Å². The van der Waals surface area contributed by atoms with Crippen molar-refractivity contribution < 1.29 is 4.74 Å². The smallest absolute Gasteiger partial charge is 0.227 e. The Labute approximate surface area is 166 Å². The van der Waals surface area contributed by atoms with Crippen LogP contribution < -0.4 is 10.2 Å². The molecule has 2 fully saturated rings. The Hall–Kier alpha value is -2.69. The minimum atomic E-state index is 0.425. The van der Waals surface area contributed by atoms with Gasteiger partial charge in [0.15, 0.2) is 0 Å². The summed E-state index contributed by atoms with van der Waals surface area (Å²) in [6, 6.07) is 12.5. The highest BCUT2D eigenvalue weighted by molar-refractivity contribution is 5.42. The van der Waals surface area contributed by atoms with Gasteiger partial charge in [-0.2, -0.15) is 10.2 Å². The van der Waals surface area contributed by atoms with Gasteiger partial charge < -0.3 is 15.0 Å². The lowest BCUT2D eigenvalue weighted by Crippen LogP contribution is -2.39. The van der Waals surface area contributed by atoms with E-state index in [1.807, 2.05) is 30.5 Å². The van der Waals surface area contributed by atoms with Crippen LogP contribution in [0, 0.1) is 11.3 Å². The first kappa shape index (κ1) is 18.7. The second-order valence-corrected chi connectivity index (χ2v) is 7.35. The molecule has 2 saturated heterocycles. The quantitative estimate of drug-likeness (QED) is 0.855. The number of rotatable bonds is 5. The van der Waals surface area contributed by atoms with Crippen LogP contribution in [0.15, 0.2) is 36.5 Å². The molecule has 0 atom stereocenters. The molecular formula is C21H26N6O. The second-order valence-electron chi connectivity index (χ2n) is 7.35. The first-order valence-electron chi connectivity index (χ1n) is 9.94. The summed E-state index contributed by atoms with van der Waals surface area (Å²) in [6.07, 6.45) is 3.99. The Kier molecular flexibility index (Phi) is 6.00. The third-order valence-electron chi connectivity index (χ3n) is 5.34. The van der Waals surface area contributed by atoms with E-state index in [4.69, 9.17) is 15.0 Å². The van der Waals surface area contributed by atoms with E-state index >= 15 is 0 Å². The van der Waals surface area contributed by atoms with Crippen molar-refractivity contribution in [1.29, 1.82) is 5.26 Å². The standard InChI is InChI=1S/C21H26N6O/c22-15-17-2-1-3-18(14-17)16-26-8-5-19(6-9-26)24-20-4-7-23-21(25-20)27-10-12-28-13-11-27/h1-4,7,14,19H,5-6,8-13,16H2,(H,23,24,25). The molecule has 0 bridgehead atoms. The predicted molar refractivity (Wildman–Crippen MR) is 108 cm³/mol. The maximum Gasteiger partial charge on any atom is 0.227 e. The molecule has 2 aromatic rings. The molecule has 4 rings (SSSR count). The lowest BCUT2D eigenvalue weighted by Gasteiger charge is -2.33. The largest absolute Gasteiger partial charge is 0.378 e. The summed E-state index contributed by atoms with van der Waals surface area (Å²) < 4.78 is 5.41. The lowest BCUT2D eigenvalue weighted by atomic mass is 10.0. The number of nitrogens with zero attached hydrogens (tertiary/aromatic N) is 5. The average molecular weight is 378 g/mol. The molecule has 2 aliphatic heterocycles. The van der Waals surface area contributed by atoms with E-state index in [9.17, 15) is 0 Å². The number of benzene rings is 1. The van der Waals surface area contributed by atoms with E-state index in [0.29, 0.717) is 6.04 Å². The molecule has 28 heavy (non-hydrogen) atoms. The number of aromatic nitrogens is 2. The van der Waals surface area contributed by atoms with Gasteiger partial charge in [-0.25, -0.2) is 4.98 Å². The minimum absolute atomic E-state index is 0.425. The Balaban J connectivity index is 1.29. The van der Waals surface area contributed by atoms with E-state index < -0.39 is 0 Å². The van der Waals surface area contributed by atoms with Crippen molar-refractivity contribution in [3.63, 3.8) is 0 Å². The third-order valence-corrected chi connectivity index (χ3v) is 5.34. The van der Waals surface area contributed by atoms with E-state index in [1.165, 1.54) is 5.56 Å². The number of nitriles is 1. The molecule has 3 heterocycles. The van der Waals surface area contributed by atoms with Gasteiger partial charge in [0, 0.05) is 45.0 Å². The monoisotopic (exact) mass is 378 g/mol. The van der Waals surface area contributed by atoms with Gasteiger partial charge in [-0.1, -0.05) is 12.1 Å². The molecule has 0 amide bonds. The summed E-state index contributed by atoms with van der Waals surface area (Å²) in [5.74, 6) is 1.68. The van der Waals surface area contributed by atoms with E-state index in [-0.39, 0.29) is 0 Å². The Morgan fingerprint density at radius 3 is 2.75 bits per heavy atom. The van der Waals surface area contributed by atoms with Crippen LogP contribution in [0.3, 0.4) is 0 Å². The summed E-state index contributed by atoms with van der Waals surface area (Å²) in [7, 11) is 0. The van der Waals surface area contributed by atoms with Crippen LogP contribution in [-0.4, -0.2) is 60.3 Å². The topological polar surface area (TPSA) is 77.3 Å². The number of nitrogens with one attached hydrogen (secondary N) is 1. The number of morpholine rings is 1. The molecule has 2 aliphatic rings. The molecule has 0 spiro atoms. The number of anilines is 2. The summed E-state index contributed by atoms with van der Waals surface area (Å²) in [5.41, 5.74) is 1.94. The fraction of sp³-hybridized carbons (Fsp3) is 0.476. The van der Waals surface area contributed by atoms with Gasteiger partial charge in [-0.15, -0.1) is 0 Å². The van der Waals surface area contributed by atoms with Crippen LogP contribution in [0.4, 0.5) is 11.8 Å². The van der Waals surface area contributed by atoms with E-state index in [2.05, 4.69) is 32.2 Å². The highest BCUT2D eigenvalue weighted by atomic mass is 16.5. The van der Waals surface area contributed by atoms with Crippen molar-refractivity contribution in [1.82, 2.24) is 14.9 Å². The van der Waals surface area contributed by atoms with E-state index in [1.54, 1.807) is 0 Å².